The van der Waals surface area contributed by atoms with Gasteiger partial charge in [0.1, 0.15) is 5.76 Å². The van der Waals surface area contributed by atoms with Gasteiger partial charge in [0.05, 0.1) is 12.8 Å². The molecule has 2 heterocycles. The Morgan fingerprint density at radius 3 is 2.83 bits per heavy atom. The number of nitrogens with one attached hydrogen (secondary N) is 1. The molecule has 1 N–H and O–H groups in total. The second-order valence-electron chi connectivity index (χ2n) is 5.41. The van der Waals surface area contributed by atoms with E-state index in [1.807, 2.05) is 13.3 Å². The molecule has 1 aromatic heterocycles. The molecule has 0 unspecified atom stereocenters. The van der Waals surface area contributed by atoms with Crippen LogP contribution in [0.1, 0.15) is 43.9 Å². The molecule has 0 aromatic carbocycles. The molecule has 0 atom stereocenters. The minimum atomic E-state index is 0.828. The molecule has 3 heteroatoms. The van der Waals surface area contributed by atoms with E-state index in [4.69, 9.17) is 4.42 Å². The van der Waals surface area contributed by atoms with Crippen LogP contribution in [0.15, 0.2) is 16.7 Å². The Labute approximate surface area is 111 Å². The minimum Gasteiger partial charge on any atom is -0.468 e. The van der Waals surface area contributed by atoms with Crippen molar-refractivity contribution < 1.29 is 4.42 Å². The van der Waals surface area contributed by atoms with Gasteiger partial charge in [-0.05, 0) is 45.0 Å². The Bertz CT molecular complexity index is 340. The van der Waals surface area contributed by atoms with Crippen molar-refractivity contribution in [3.63, 3.8) is 0 Å². The van der Waals surface area contributed by atoms with E-state index in [0.29, 0.717) is 0 Å². The highest BCUT2D eigenvalue weighted by molar-refractivity contribution is 5.16. The molecule has 0 bridgehead atoms. The zero-order valence-corrected chi connectivity index (χ0v) is 11.7. The second-order valence-corrected chi connectivity index (χ2v) is 5.41. The van der Waals surface area contributed by atoms with Crippen LogP contribution in [0, 0.1) is 5.92 Å². The van der Waals surface area contributed by atoms with E-state index in [0.717, 1.165) is 24.8 Å². The maximum absolute atomic E-state index is 5.52. The molecule has 0 spiro atoms. The molecular weight excluding hydrogens is 224 g/mol. The summed E-state index contributed by atoms with van der Waals surface area (Å²) in [5.74, 6) is 2.06. The maximum atomic E-state index is 5.52. The van der Waals surface area contributed by atoms with Crippen molar-refractivity contribution in [2.24, 2.45) is 5.92 Å². The second kappa shape index (κ2) is 6.95. The fraction of sp³-hybridized carbons (Fsp3) is 0.733. The summed E-state index contributed by atoms with van der Waals surface area (Å²) in [6.07, 6.45) is 7.29. The van der Waals surface area contributed by atoms with Gasteiger partial charge in [-0.25, -0.2) is 0 Å². The van der Waals surface area contributed by atoms with Gasteiger partial charge in [0.25, 0.3) is 0 Å². The van der Waals surface area contributed by atoms with Gasteiger partial charge in [0, 0.05) is 12.1 Å². The topological polar surface area (TPSA) is 28.4 Å². The van der Waals surface area contributed by atoms with Gasteiger partial charge < -0.3 is 9.73 Å². The van der Waals surface area contributed by atoms with Gasteiger partial charge in [-0.2, -0.15) is 0 Å². The molecule has 1 saturated heterocycles. The predicted octanol–water partition coefficient (Wildman–Crippen LogP) is 3.01. The third-order valence-electron chi connectivity index (χ3n) is 3.97. The number of piperidine rings is 1. The van der Waals surface area contributed by atoms with Crippen LogP contribution in [0.25, 0.3) is 0 Å². The van der Waals surface area contributed by atoms with Crippen LogP contribution < -0.4 is 5.32 Å². The van der Waals surface area contributed by atoms with Crippen LogP contribution in [-0.2, 0) is 13.1 Å². The first-order chi connectivity index (χ1) is 8.83. The number of hydrogen-bond donors (Lipinski definition) is 1. The molecule has 0 radical (unpaired) electrons. The molecule has 1 fully saturated rings. The lowest BCUT2D eigenvalue weighted by Gasteiger charge is -2.31. The molecule has 1 aliphatic rings. The van der Waals surface area contributed by atoms with Crippen molar-refractivity contribution in [1.82, 2.24) is 10.2 Å². The molecule has 0 saturated carbocycles. The fourth-order valence-corrected chi connectivity index (χ4v) is 2.91. The van der Waals surface area contributed by atoms with Crippen LogP contribution >= 0.6 is 0 Å². The number of furan rings is 1. The summed E-state index contributed by atoms with van der Waals surface area (Å²) in [6, 6.07) is 2.12. The molecule has 0 aliphatic carbocycles. The average molecular weight is 250 g/mol. The van der Waals surface area contributed by atoms with Crippen LogP contribution in [0.2, 0.25) is 0 Å². The normalized spacial score (nSPS) is 18.3. The smallest absolute Gasteiger partial charge is 0.122 e. The summed E-state index contributed by atoms with van der Waals surface area (Å²) < 4.78 is 5.52. The lowest BCUT2D eigenvalue weighted by molar-refractivity contribution is 0.171. The van der Waals surface area contributed by atoms with E-state index in [9.17, 15) is 0 Å². The van der Waals surface area contributed by atoms with Crippen molar-refractivity contribution in [1.29, 1.82) is 0 Å². The van der Waals surface area contributed by atoms with Crippen molar-refractivity contribution >= 4 is 0 Å². The molecule has 1 aliphatic heterocycles. The summed E-state index contributed by atoms with van der Waals surface area (Å²) in [7, 11) is 1.96. The Hall–Kier alpha value is -0.800. The summed E-state index contributed by atoms with van der Waals surface area (Å²) in [5, 5.41) is 3.16. The molecule has 2 rings (SSSR count). The van der Waals surface area contributed by atoms with Crippen molar-refractivity contribution in [3.8, 4) is 0 Å². The lowest BCUT2D eigenvalue weighted by Crippen LogP contribution is -2.33. The van der Waals surface area contributed by atoms with E-state index in [1.165, 1.54) is 44.3 Å². The zero-order chi connectivity index (χ0) is 12.8. The fourth-order valence-electron chi connectivity index (χ4n) is 2.91. The zero-order valence-electron chi connectivity index (χ0n) is 11.7. The Morgan fingerprint density at radius 1 is 1.39 bits per heavy atom. The quantitative estimate of drug-likeness (QED) is 0.841. The highest BCUT2D eigenvalue weighted by Gasteiger charge is 2.19. The van der Waals surface area contributed by atoms with Gasteiger partial charge in [0.15, 0.2) is 0 Å². The molecule has 0 amide bonds. The van der Waals surface area contributed by atoms with Gasteiger partial charge >= 0.3 is 0 Å². The van der Waals surface area contributed by atoms with Crippen LogP contribution in [-0.4, -0.2) is 25.0 Å². The summed E-state index contributed by atoms with van der Waals surface area (Å²) in [6.45, 7) is 6.66. The third-order valence-corrected chi connectivity index (χ3v) is 3.97. The summed E-state index contributed by atoms with van der Waals surface area (Å²) in [4.78, 5) is 2.57. The monoisotopic (exact) mass is 250 g/mol. The van der Waals surface area contributed by atoms with Gasteiger partial charge in [0.2, 0.25) is 0 Å². The van der Waals surface area contributed by atoms with Crippen LogP contribution in [0.4, 0.5) is 0 Å². The Morgan fingerprint density at radius 2 is 2.17 bits per heavy atom. The highest BCUT2D eigenvalue weighted by Crippen LogP contribution is 2.23. The van der Waals surface area contributed by atoms with E-state index >= 15 is 0 Å². The Balaban J connectivity index is 1.82. The van der Waals surface area contributed by atoms with E-state index in [-0.39, 0.29) is 0 Å². The third kappa shape index (κ3) is 3.59. The number of likely N-dealkylation sites (tertiary alicyclic amines) is 1. The first kappa shape index (κ1) is 13.6. The number of nitrogens with zero attached hydrogens (tertiary/aromatic N) is 1. The van der Waals surface area contributed by atoms with Crippen molar-refractivity contribution in [3.05, 3.63) is 23.7 Å². The largest absolute Gasteiger partial charge is 0.468 e. The first-order valence-electron chi connectivity index (χ1n) is 7.25. The summed E-state index contributed by atoms with van der Waals surface area (Å²) >= 11 is 0. The van der Waals surface area contributed by atoms with Crippen LogP contribution in [0.3, 0.4) is 0 Å². The maximum Gasteiger partial charge on any atom is 0.122 e. The van der Waals surface area contributed by atoms with E-state index in [1.54, 1.807) is 0 Å². The van der Waals surface area contributed by atoms with E-state index < -0.39 is 0 Å². The SMILES string of the molecule is CCCC1CCN(Cc2ccoc2CNC)CC1. The molecular formula is C15H26N2O. The Kier molecular flexibility index (Phi) is 5.26. The molecule has 102 valence electrons. The summed E-state index contributed by atoms with van der Waals surface area (Å²) in [5.41, 5.74) is 1.35. The van der Waals surface area contributed by atoms with Gasteiger partial charge in [-0.3, -0.25) is 4.90 Å². The minimum absolute atomic E-state index is 0.828. The van der Waals surface area contributed by atoms with Crippen molar-refractivity contribution in [2.75, 3.05) is 20.1 Å². The average Bonchev–Trinajstić information content (AvgIpc) is 2.80. The first-order valence-corrected chi connectivity index (χ1v) is 7.25. The van der Waals surface area contributed by atoms with Gasteiger partial charge in [-0.1, -0.05) is 19.8 Å². The lowest BCUT2D eigenvalue weighted by atomic mass is 9.92. The number of rotatable bonds is 6. The number of hydrogen-bond acceptors (Lipinski definition) is 3. The van der Waals surface area contributed by atoms with Crippen LogP contribution in [0.5, 0.6) is 0 Å². The molecule has 3 nitrogen and oxygen atoms in total. The van der Waals surface area contributed by atoms with Gasteiger partial charge in [-0.15, -0.1) is 0 Å². The molecule has 18 heavy (non-hydrogen) atoms. The van der Waals surface area contributed by atoms with E-state index in [2.05, 4.69) is 23.2 Å². The highest BCUT2D eigenvalue weighted by atomic mass is 16.3. The molecule has 1 aromatic rings. The predicted molar refractivity (Wildman–Crippen MR) is 74.4 cm³/mol. The standard InChI is InChI=1S/C15H26N2O/c1-3-4-13-5-8-17(9-6-13)12-14-7-10-18-15(14)11-16-2/h7,10,13,16H,3-6,8-9,11-12H2,1-2H3. The van der Waals surface area contributed by atoms with Crippen molar-refractivity contribution in [2.45, 2.75) is 45.7 Å².